The van der Waals surface area contributed by atoms with E-state index in [0.29, 0.717) is 34.1 Å². The van der Waals surface area contributed by atoms with Crippen LogP contribution in [-0.4, -0.2) is 51.0 Å². The minimum absolute atomic E-state index is 0.0381. The van der Waals surface area contributed by atoms with Gasteiger partial charge in [-0.2, -0.15) is 0 Å². The number of ether oxygens (including phenoxy) is 3. The van der Waals surface area contributed by atoms with Gasteiger partial charge in [0.2, 0.25) is 0 Å². The molecule has 0 radical (unpaired) electrons. The highest BCUT2D eigenvalue weighted by Gasteiger charge is 2.25. The fourth-order valence-electron chi connectivity index (χ4n) is 4.60. The lowest BCUT2D eigenvalue weighted by Crippen LogP contribution is -2.54. The molecule has 2 unspecified atom stereocenters. The van der Waals surface area contributed by atoms with Gasteiger partial charge >= 0.3 is 5.63 Å². The van der Waals surface area contributed by atoms with Crippen LogP contribution in [0.25, 0.3) is 22.1 Å². The van der Waals surface area contributed by atoms with Crippen LogP contribution >= 0.6 is 0 Å². The first kappa shape index (κ1) is 23.1. The van der Waals surface area contributed by atoms with E-state index in [1.165, 1.54) is 7.11 Å². The highest BCUT2D eigenvalue weighted by Crippen LogP contribution is 2.34. The van der Waals surface area contributed by atoms with E-state index in [9.17, 15) is 4.79 Å². The molecule has 1 saturated heterocycles. The Labute approximate surface area is 194 Å². The summed E-state index contributed by atoms with van der Waals surface area (Å²) in [6.07, 6.45) is -0.0381. The normalized spacial score (nSPS) is 17.7. The Morgan fingerprint density at radius 3 is 2.45 bits per heavy atom. The molecule has 7 nitrogen and oxygen atoms in total. The van der Waals surface area contributed by atoms with E-state index in [-0.39, 0.29) is 6.23 Å². The molecule has 7 heteroatoms. The van der Waals surface area contributed by atoms with Gasteiger partial charge < -0.3 is 23.9 Å². The van der Waals surface area contributed by atoms with Crippen molar-refractivity contribution in [3.8, 4) is 28.6 Å². The van der Waals surface area contributed by atoms with Crippen molar-refractivity contribution >= 4 is 10.8 Å². The standard InChI is InChI=1S/C26H32N2O5/c1-15-9-19(10-16(2)25(15)32-18(4)28-8-7-27-14-17(28)3)22-12-20-11-21(30-5)13-23(31-6)24(20)26(29)33-22/h9-13,17-18,27H,7-8,14H2,1-6H3. The number of aryl methyl sites for hydroxylation is 2. The number of hydrogen-bond donors (Lipinski definition) is 1. The smallest absolute Gasteiger partial charge is 0.347 e. The summed E-state index contributed by atoms with van der Waals surface area (Å²) in [5, 5.41) is 4.51. The van der Waals surface area contributed by atoms with Crippen molar-refractivity contribution in [3.05, 3.63) is 51.9 Å². The highest BCUT2D eigenvalue weighted by molar-refractivity contribution is 5.90. The zero-order chi connectivity index (χ0) is 23.7. The monoisotopic (exact) mass is 452 g/mol. The molecule has 1 N–H and O–H groups in total. The third-order valence-electron chi connectivity index (χ3n) is 6.31. The van der Waals surface area contributed by atoms with Gasteiger partial charge in [0.1, 0.15) is 34.6 Å². The van der Waals surface area contributed by atoms with Gasteiger partial charge in [0.15, 0.2) is 0 Å². The molecular weight excluding hydrogens is 420 g/mol. The van der Waals surface area contributed by atoms with Crippen molar-refractivity contribution in [2.75, 3.05) is 33.9 Å². The predicted octanol–water partition coefficient (Wildman–Crippen LogP) is 4.11. The van der Waals surface area contributed by atoms with Crippen molar-refractivity contribution in [1.82, 2.24) is 10.2 Å². The molecule has 1 aliphatic rings. The van der Waals surface area contributed by atoms with Crippen molar-refractivity contribution < 1.29 is 18.6 Å². The molecule has 33 heavy (non-hydrogen) atoms. The number of rotatable bonds is 6. The van der Waals surface area contributed by atoms with Crippen molar-refractivity contribution in [2.45, 2.75) is 40.0 Å². The van der Waals surface area contributed by atoms with Crippen molar-refractivity contribution in [3.63, 3.8) is 0 Å². The van der Waals surface area contributed by atoms with Crippen molar-refractivity contribution in [1.29, 1.82) is 0 Å². The summed E-state index contributed by atoms with van der Waals surface area (Å²) in [6, 6.07) is 9.75. The number of hydrogen-bond acceptors (Lipinski definition) is 7. The maximum absolute atomic E-state index is 12.8. The summed E-state index contributed by atoms with van der Waals surface area (Å²) in [5.41, 5.74) is 2.36. The molecule has 0 saturated carbocycles. The number of nitrogens with one attached hydrogen (secondary N) is 1. The van der Waals surface area contributed by atoms with E-state index in [1.807, 2.05) is 38.1 Å². The van der Waals surface area contributed by atoms with E-state index >= 15 is 0 Å². The SMILES string of the molecule is COc1cc(OC)c2c(=O)oc(-c3cc(C)c(OC(C)N4CCNCC4C)c(C)c3)cc2c1. The lowest BCUT2D eigenvalue weighted by atomic mass is 10.0. The molecule has 176 valence electrons. The fraction of sp³-hybridized carbons (Fsp3) is 0.423. The molecule has 2 atom stereocenters. The highest BCUT2D eigenvalue weighted by atomic mass is 16.5. The van der Waals surface area contributed by atoms with Crippen LogP contribution in [0.3, 0.4) is 0 Å². The Kier molecular flexibility index (Phi) is 6.63. The number of benzene rings is 2. The first-order chi connectivity index (χ1) is 15.8. The number of piperazine rings is 1. The molecule has 2 aromatic carbocycles. The van der Waals surface area contributed by atoms with E-state index < -0.39 is 5.63 Å². The number of methoxy groups -OCH3 is 2. The Bertz CT molecular complexity index is 1200. The first-order valence-corrected chi connectivity index (χ1v) is 11.3. The van der Waals surface area contributed by atoms with Crippen molar-refractivity contribution in [2.24, 2.45) is 0 Å². The Morgan fingerprint density at radius 2 is 1.82 bits per heavy atom. The zero-order valence-corrected chi connectivity index (χ0v) is 20.2. The summed E-state index contributed by atoms with van der Waals surface area (Å²) < 4.78 is 22.8. The van der Waals surface area contributed by atoms with Gasteiger partial charge in [-0.25, -0.2) is 4.79 Å². The van der Waals surface area contributed by atoms with Crippen LogP contribution in [0.1, 0.15) is 25.0 Å². The molecule has 1 aromatic heterocycles. The molecule has 2 heterocycles. The van der Waals surface area contributed by atoms with Gasteiger partial charge in [0, 0.05) is 42.7 Å². The zero-order valence-electron chi connectivity index (χ0n) is 20.2. The molecule has 0 spiro atoms. The quantitative estimate of drug-likeness (QED) is 0.603. The average Bonchev–Trinajstić information content (AvgIpc) is 2.80. The predicted molar refractivity (Wildman–Crippen MR) is 130 cm³/mol. The van der Waals surface area contributed by atoms with Crippen LogP contribution in [0.4, 0.5) is 0 Å². The van der Waals surface area contributed by atoms with Crippen LogP contribution in [0, 0.1) is 13.8 Å². The summed E-state index contributed by atoms with van der Waals surface area (Å²) in [6.45, 7) is 11.2. The lowest BCUT2D eigenvalue weighted by Gasteiger charge is -2.38. The molecule has 0 amide bonds. The third-order valence-corrected chi connectivity index (χ3v) is 6.31. The maximum Gasteiger partial charge on any atom is 0.347 e. The Balaban J connectivity index is 1.69. The summed E-state index contributed by atoms with van der Waals surface area (Å²) in [5.74, 6) is 2.40. The van der Waals surface area contributed by atoms with Crippen LogP contribution in [0.15, 0.2) is 39.5 Å². The van der Waals surface area contributed by atoms with E-state index in [2.05, 4.69) is 24.1 Å². The topological polar surface area (TPSA) is 73.2 Å². The average molecular weight is 453 g/mol. The first-order valence-electron chi connectivity index (χ1n) is 11.3. The summed E-state index contributed by atoms with van der Waals surface area (Å²) in [7, 11) is 3.11. The Morgan fingerprint density at radius 1 is 1.09 bits per heavy atom. The lowest BCUT2D eigenvalue weighted by molar-refractivity contribution is 0.000259. The van der Waals surface area contributed by atoms with Crippen LogP contribution in [-0.2, 0) is 0 Å². The van der Waals surface area contributed by atoms with Gasteiger partial charge in [-0.05, 0) is 63.1 Å². The molecule has 1 fully saturated rings. The third kappa shape index (κ3) is 4.56. The summed E-state index contributed by atoms with van der Waals surface area (Å²) in [4.78, 5) is 15.2. The maximum atomic E-state index is 12.8. The minimum Gasteiger partial charge on any atom is -0.497 e. The van der Waals surface area contributed by atoms with Crippen LogP contribution < -0.4 is 25.2 Å². The van der Waals surface area contributed by atoms with Gasteiger partial charge in [-0.1, -0.05) is 0 Å². The fourth-order valence-corrected chi connectivity index (χ4v) is 4.60. The second kappa shape index (κ2) is 9.45. The van der Waals surface area contributed by atoms with E-state index in [1.54, 1.807) is 13.2 Å². The van der Waals surface area contributed by atoms with Gasteiger partial charge in [-0.15, -0.1) is 0 Å². The van der Waals surface area contributed by atoms with Crippen LogP contribution in [0.5, 0.6) is 17.2 Å². The summed E-state index contributed by atoms with van der Waals surface area (Å²) >= 11 is 0. The van der Waals surface area contributed by atoms with Gasteiger partial charge in [0.05, 0.1) is 14.2 Å². The number of fused-ring (bicyclic) bond motifs is 1. The molecule has 1 aliphatic heterocycles. The molecule has 3 aromatic rings. The Hall–Kier alpha value is -3.03. The van der Waals surface area contributed by atoms with E-state index in [0.717, 1.165) is 42.1 Å². The second-order valence-corrected chi connectivity index (χ2v) is 8.64. The van der Waals surface area contributed by atoms with E-state index in [4.69, 9.17) is 18.6 Å². The number of nitrogens with zero attached hydrogens (tertiary/aromatic N) is 1. The van der Waals surface area contributed by atoms with Gasteiger partial charge in [-0.3, -0.25) is 4.90 Å². The molecule has 0 bridgehead atoms. The molecular formula is C26H32N2O5. The second-order valence-electron chi connectivity index (χ2n) is 8.64. The molecule has 4 rings (SSSR count). The minimum atomic E-state index is -0.445. The largest absolute Gasteiger partial charge is 0.497 e. The molecule has 0 aliphatic carbocycles. The van der Waals surface area contributed by atoms with Gasteiger partial charge in [0.25, 0.3) is 0 Å². The van der Waals surface area contributed by atoms with Crippen LogP contribution in [0.2, 0.25) is 0 Å².